The minimum Gasteiger partial charge on any atom is -0.457 e. The molecule has 8 nitrogen and oxygen atoms in total. The van der Waals surface area contributed by atoms with Crippen molar-refractivity contribution >= 4 is 13.8 Å². The Kier molecular flexibility index (Phi) is 46.8. The molecule has 0 radical (unpaired) electrons. The maximum absolute atomic E-state index is 12.6. The molecule has 0 aliphatic heterocycles. The lowest BCUT2D eigenvalue weighted by Crippen LogP contribution is -2.28. The number of unbranched alkanes of at least 4 members (excludes halogenated alkanes) is 24. The number of hydrogen-bond acceptors (Lipinski definition) is 7. The quantitative estimate of drug-likeness (QED) is 0.0269. The summed E-state index contributed by atoms with van der Waals surface area (Å²) in [5.74, 6) is -0.336. The Labute approximate surface area is 370 Å². The van der Waals surface area contributed by atoms with Gasteiger partial charge in [0.15, 0.2) is 0 Å². The first-order valence-corrected chi connectivity index (χ1v) is 26.3. The van der Waals surface area contributed by atoms with Crippen LogP contribution in [-0.4, -0.2) is 49.9 Å². The van der Waals surface area contributed by atoms with Gasteiger partial charge in [-0.25, -0.2) is 4.57 Å². The number of rotatable bonds is 47. The van der Waals surface area contributed by atoms with E-state index < -0.39 is 13.9 Å². The van der Waals surface area contributed by atoms with Crippen molar-refractivity contribution in [1.29, 1.82) is 0 Å². The van der Waals surface area contributed by atoms with Gasteiger partial charge < -0.3 is 20.1 Å². The lowest BCUT2D eigenvalue weighted by atomic mass is 10.1. The van der Waals surface area contributed by atoms with Gasteiger partial charge in [0.1, 0.15) is 6.10 Å². The first-order valence-electron chi connectivity index (χ1n) is 24.8. The van der Waals surface area contributed by atoms with E-state index in [1.54, 1.807) is 0 Å². The molecule has 0 aromatic rings. The highest BCUT2D eigenvalue weighted by Gasteiger charge is 2.25. The standard InChI is InChI=1S/C51H94NO7P/c1-3-5-7-9-11-13-15-17-19-21-22-23-24-25-26-27-29-31-33-35-37-39-41-43-46-56-48-50(49-58-60(54,55)57-47-45-52)59-51(53)44-42-40-38-36-34-32-30-28-20-18-16-14-12-10-8-6-4-2/h5,7,11,13,17-20,22-23,50H,3-4,6,8-10,12,14-16,21,24-49,52H2,1-2H3,(H,54,55)/b7-5-,13-11-,19-17-,20-18-,23-22-. The third-order valence-corrected chi connectivity index (χ3v) is 11.4. The molecule has 0 aliphatic carbocycles. The van der Waals surface area contributed by atoms with Gasteiger partial charge in [-0.2, -0.15) is 0 Å². The zero-order chi connectivity index (χ0) is 43.7. The van der Waals surface area contributed by atoms with Gasteiger partial charge in [-0.15, -0.1) is 0 Å². The van der Waals surface area contributed by atoms with Crippen molar-refractivity contribution in [2.24, 2.45) is 5.73 Å². The number of allylic oxidation sites excluding steroid dienone is 10. The van der Waals surface area contributed by atoms with E-state index in [4.69, 9.17) is 24.3 Å². The summed E-state index contributed by atoms with van der Waals surface area (Å²) in [6.07, 6.45) is 59.6. The second-order valence-electron chi connectivity index (χ2n) is 16.3. The van der Waals surface area contributed by atoms with Crippen molar-refractivity contribution in [1.82, 2.24) is 0 Å². The predicted molar refractivity (Wildman–Crippen MR) is 256 cm³/mol. The highest BCUT2D eigenvalue weighted by atomic mass is 31.2. The van der Waals surface area contributed by atoms with Gasteiger partial charge in [0.25, 0.3) is 0 Å². The second-order valence-corrected chi connectivity index (χ2v) is 17.7. The predicted octanol–water partition coefficient (Wildman–Crippen LogP) is 15.3. The molecule has 0 saturated heterocycles. The van der Waals surface area contributed by atoms with Crippen LogP contribution in [0.3, 0.4) is 0 Å². The molecule has 0 saturated carbocycles. The van der Waals surface area contributed by atoms with Gasteiger partial charge in [0.2, 0.25) is 0 Å². The highest BCUT2D eigenvalue weighted by Crippen LogP contribution is 2.43. The lowest BCUT2D eigenvalue weighted by molar-refractivity contribution is -0.154. The second kappa shape index (κ2) is 48.2. The zero-order valence-electron chi connectivity index (χ0n) is 38.9. The number of carbonyl (C=O) groups excluding carboxylic acids is 1. The van der Waals surface area contributed by atoms with Crippen molar-refractivity contribution in [3.8, 4) is 0 Å². The lowest BCUT2D eigenvalue weighted by Gasteiger charge is -2.20. The number of hydrogen-bond donors (Lipinski definition) is 2. The van der Waals surface area contributed by atoms with E-state index in [0.29, 0.717) is 13.0 Å². The smallest absolute Gasteiger partial charge is 0.457 e. The number of carbonyl (C=O) groups is 1. The van der Waals surface area contributed by atoms with Crippen molar-refractivity contribution < 1.29 is 32.8 Å². The number of nitrogens with two attached hydrogens (primary N) is 1. The Morgan fingerprint density at radius 2 is 0.933 bits per heavy atom. The molecule has 0 aliphatic rings. The molecule has 350 valence electrons. The third kappa shape index (κ3) is 47.3. The minimum atomic E-state index is -4.28. The Bertz CT molecular complexity index is 1110. The fourth-order valence-electron chi connectivity index (χ4n) is 6.81. The molecule has 0 fully saturated rings. The van der Waals surface area contributed by atoms with Crippen molar-refractivity contribution in [2.75, 3.05) is 33.0 Å². The van der Waals surface area contributed by atoms with E-state index in [9.17, 15) is 14.3 Å². The molecule has 0 aromatic heterocycles. The van der Waals surface area contributed by atoms with Gasteiger partial charge in [0, 0.05) is 19.6 Å². The number of phosphoric acid groups is 1. The van der Waals surface area contributed by atoms with Crippen LogP contribution in [0.15, 0.2) is 60.8 Å². The maximum atomic E-state index is 12.6. The molecular formula is C51H94NO7P. The van der Waals surface area contributed by atoms with Crippen molar-refractivity contribution in [3.05, 3.63) is 60.8 Å². The molecule has 9 heteroatoms. The maximum Gasteiger partial charge on any atom is 0.472 e. The summed E-state index contributed by atoms with van der Waals surface area (Å²) in [5.41, 5.74) is 5.38. The Morgan fingerprint density at radius 3 is 1.42 bits per heavy atom. The van der Waals surface area contributed by atoms with Crippen LogP contribution in [0.25, 0.3) is 0 Å². The molecule has 0 aromatic carbocycles. The Morgan fingerprint density at radius 1 is 0.517 bits per heavy atom. The normalized spacial score (nSPS) is 13.9. The summed E-state index contributed by atoms with van der Waals surface area (Å²) in [6.45, 7) is 4.81. The van der Waals surface area contributed by atoms with Gasteiger partial charge in [0.05, 0.1) is 19.8 Å². The van der Waals surface area contributed by atoms with Gasteiger partial charge in [-0.3, -0.25) is 13.8 Å². The van der Waals surface area contributed by atoms with E-state index in [2.05, 4.69) is 74.6 Å². The molecule has 2 atom stereocenters. The summed E-state index contributed by atoms with van der Waals surface area (Å²) >= 11 is 0. The van der Waals surface area contributed by atoms with Crippen LogP contribution < -0.4 is 5.73 Å². The first kappa shape index (κ1) is 58.2. The molecule has 60 heavy (non-hydrogen) atoms. The average Bonchev–Trinajstić information content (AvgIpc) is 3.24. The minimum absolute atomic E-state index is 0.0976. The topological polar surface area (TPSA) is 117 Å². The van der Waals surface area contributed by atoms with E-state index >= 15 is 0 Å². The number of phosphoric ester groups is 1. The largest absolute Gasteiger partial charge is 0.472 e. The van der Waals surface area contributed by atoms with Crippen LogP contribution in [0.5, 0.6) is 0 Å². The van der Waals surface area contributed by atoms with Crippen LogP contribution in [0.1, 0.15) is 219 Å². The Hall–Kier alpha value is -1.80. The number of ether oxygens (including phenoxy) is 2. The molecule has 0 rings (SSSR count). The summed E-state index contributed by atoms with van der Waals surface area (Å²) in [7, 11) is -4.28. The number of esters is 1. The molecule has 0 spiro atoms. The van der Waals surface area contributed by atoms with Gasteiger partial charge in [-0.1, -0.05) is 197 Å². The van der Waals surface area contributed by atoms with Crippen LogP contribution in [0, 0.1) is 0 Å². The molecule has 0 amide bonds. The van der Waals surface area contributed by atoms with Crippen LogP contribution in [0.4, 0.5) is 0 Å². The van der Waals surface area contributed by atoms with Crippen LogP contribution >= 0.6 is 7.82 Å². The molecule has 0 bridgehead atoms. The van der Waals surface area contributed by atoms with Gasteiger partial charge >= 0.3 is 13.8 Å². The van der Waals surface area contributed by atoms with E-state index in [0.717, 1.165) is 57.8 Å². The fourth-order valence-corrected chi connectivity index (χ4v) is 7.57. The van der Waals surface area contributed by atoms with Crippen LogP contribution in [-0.2, 0) is 27.9 Å². The zero-order valence-corrected chi connectivity index (χ0v) is 39.8. The first-order chi connectivity index (χ1) is 29.4. The molecular weight excluding hydrogens is 770 g/mol. The van der Waals surface area contributed by atoms with Gasteiger partial charge in [-0.05, 0) is 77.0 Å². The highest BCUT2D eigenvalue weighted by molar-refractivity contribution is 7.47. The summed E-state index contributed by atoms with van der Waals surface area (Å²) in [6, 6.07) is 0. The van der Waals surface area contributed by atoms with E-state index in [1.165, 1.54) is 141 Å². The fraction of sp³-hybridized carbons (Fsp3) is 0.784. The summed E-state index contributed by atoms with van der Waals surface area (Å²) in [5, 5.41) is 0. The van der Waals surface area contributed by atoms with Crippen molar-refractivity contribution in [2.45, 2.75) is 225 Å². The monoisotopic (exact) mass is 864 g/mol. The summed E-state index contributed by atoms with van der Waals surface area (Å²) < 4.78 is 33.6. The molecule has 0 heterocycles. The van der Waals surface area contributed by atoms with E-state index in [1.807, 2.05) is 0 Å². The van der Waals surface area contributed by atoms with Crippen LogP contribution in [0.2, 0.25) is 0 Å². The van der Waals surface area contributed by atoms with Crippen molar-refractivity contribution in [3.63, 3.8) is 0 Å². The third-order valence-electron chi connectivity index (χ3n) is 10.4. The average molecular weight is 864 g/mol. The molecule has 3 N–H and O–H groups in total. The Balaban J connectivity index is 3.95. The van der Waals surface area contributed by atoms with E-state index in [-0.39, 0.29) is 32.3 Å². The molecule has 2 unspecified atom stereocenters. The SMILES string of the molecule is CC/C=C\C/C=C\C/C=C\C/C=C\CCCCCCCCCCCCCOCC(COP(=O)(O)OCCN)OC(=O)CCCCCCCCC/C=C\CCCCCCCC. The summed E-state index contributed by atoms with van der Waals surface area (Å²) in [4.78, 5) is 22.6.